The summed E-state index contributed by atoms with van der Waals surface area (Å²) in [4.78, 5) is 34.5. The average molecular weight is 833 g/mol. The van der Waals surface area contributed by atoms with Crippen molar-refractivity contribution >= 4 is 19.8 Å². The highest BCUT2D eigenvalue weighted by atomic mass is 31.2. The molecule has 0 aromatic rings. The van der Waals surface area contributed by atoms with E-state index in [1.165, 1.54) is 135 Å². The van der Waals surface area contributed by atoms with Crippen molar-refractivity contribution in [2.45, 2.75) is 244 Å². The van der Waals surface area contributed by atoms with E-state index in [0.29, 0.717) is 12.8 Å². The van der Waals surface area contributed by atoms with E-state index in [0.717, 1.165) is 57.8 Å². The van der Waals surface area contributed by atoms with Gasteiger partial charge in [0.15, 0.2) is 0 Å². The zero-order valence-corrected chi connectivity index (χ0v) is 37.7. The summed E-state index contributed by atoms with van der Waals surface area (Å²) in [6.45, 7) is 2.19. The SMILES string of the molecule is CCCC/C=C\CCCCCCCC(=O)OC(CO)COP(=O)(O)OCC(CO)OC(=O)CCCCCCCCCCCCCCCCCCCCCCCCC. The molecule has 0 radical (unpaired) electrons. The third kappa shape index (κ3) is 41.2. The first-order chi connectivity index (χ1) is 27.8. The predicted molar refractivity (Wildman–Crippen MR) is 233 cm³/mol. The van der Waals surface area contributed by atoms with E-state index in [-0.39, 0.29) is 12.8 Å². The Bertz CT molecular complexity index is 961. The van der Waals surface area contributed by atoms with E-state index in [2.05, 4.69) is 26.0 Å². The fourth-order valence-corrected chi connectivity index (χ4v) is 7.59. The van der Waals surface area contributed by atoms with Gasteiger partial charge in [0.05, 0.1) is 26.4 Å². The number of hydrogen-bond acceptors (Lipinski definition) is 9. The number of hydrogen-bond donors (Lipinski definition) is 3. The van der Waals surface area contributed by atoms with Gasteiger partial charge in [0.2, 0.25) is 0 Å². The topological polar surface area (TPSA) is 149 Å². The second kappa shape index (κ2) is 42.8. The summed E-state index contributed by atoms with van der Waals surface area (Å²) in [5.41, 5.74) is 0. The lowest BCUT2D eigenvalue weighted by atomic mass is 10.0. The van der Waals surface area contributed by atoms with Crippen LogP contribution in [0, 0.1) is 0 Å². The molecule has 10 nitrogen and oxygen atoms in total. The van der Waals surface area contributed by atoms with Crippen LogP contribution < -0.4 is 0 Å². The third-order valence-electron chi connectivity index (χ3n) is 10.5. The molecule has 0 aliphatic heterocycles. The lowest BCUT2D eigenvalue weighted by Gasteiger charge is -2.20. The summed E-state index contributed by atoms with van der Waals surface area (Å²) < 4.78 is 32.6. The molecule has 0 bridgehead atoms. The Labute approximate surface area is 349 Å². The van der Waals surface area contributed by atoms with Crippen LogP contribution in [0.15, 0.2) is 12.2 Å². The van der Waals surface area contributed by atoms with Crippen molar-refractivity contribution in [1.29, 1.82) is 0 Å². The van der Waals surface area contributed by atoms with Crippen molar-refractivity contribution in [3.8, 4) is 0 Å². The van der Waals surface area contributed by atoms with Crippen LogP contribution in [0.25, 0.3) is 0 Å². The van der Waals surface area contributed by atoms with Gasteiger partial charge in [-0.3, -0.25) is 18.6 Å². The molecular formula is C46H89O10P. The van der Waals surface area contributed by atoms with Crippen LogP contribution in [0.1, 0.15) is 232 Å². The van der Waals surface area contributed by atoms with Gasteiger partial charge in [-0.25, -0.2) is 4.57 Å². The molecule has 0 rings (SSSR count). The molecule has 57 heavy (non-hydrogen) atoms. The van der Waals surface area contributed by atoms with Crippen LogP contribution in [0.2, 0.25) is 0 Å². The summed E-state index contributed by atoms with van der Waals surface area (Å²) >= 11 is 0. The van der Waals surface area contributed by atoms with Crippen LogP contribution in [0.5, 0.6) is 0 Å². The summed E-state index contributed by atoms with van der Waals surface area (Å²) in [6, 6.07) is 0. The maximum absolute atomic E-state index is 12.4. The lowest BCUT2D eigenvalue weighted by molar-refractivity contribution is -0.153. The molecule has 3 unspecified atom stereocenters. The Morgan fingerprint density at radius 2 is 0.737 bits per heavy atom. The fraction of sp³-hybridized carbons (Fsp3) is 0.913. The van der Waals surface area contributed by atoms with Crippen molar-refractivity contribution in [3.05, 3.63) is 12.2 Å². The Morgan fingerprint density at radius 1 is 0.456 bits per heavy atom. The quantitative estimate of drug-likeness (QED) is 0.0234. The largest absolute Gasteiger partial charge is 0.472 e. The second-order valence-corrected chi connectivity index (χ2v) is 17.6. The van der Waals surface area contributed by atoms with Crippen LogP contribution in [-0.2, 0) is 32.7 Å². The van der Waals surface area contributed by atoms with Gasteiger partial charge in [0, 0.05) is 12.8 Å². The molecule has 0 aliphatic carbocycles. The van der Waals surface area contributed by atoms with E-state index >= 15 is 0 Å². The lowest BCUT2D eigenvalue weighted by Crippen LogP contribution is -2.28. The summed E-state index contributed by atoms with van der Waals surface area (Å²) in [6.07, 6.45) is 42.0. The summed E-state index contributed by atoms with van der Waals surface area (Å²) in [5, 5.41) is 19.2. The zero-order valence-electron chi connectivity index (χ0n) is 36.8. The van der Waals surface area contributed by atoms with Gasteiger partial charge >= 0.3 is 19.8 Å². The van der Waals surface area contributed by atoms with Gasteiger partial charge in [-0.15, -0.1) is 0 Å². The van der Waals surface area contributed by atoms with Gasteiger partial charge in [0.25, 0.3) is 0 Å². The number of allylic oxidation sites excluding steroid dienone is 2. The number of esters is 2. The molecule has 11 heteroatoms. The van der Waals surface area contributed by atoms with Crippen molar-refractivity contribution in [1.82, 2.24) is 0 Å². The molecule has 3 atom stereocenters. The minimum Gasteiger partial charge on any atom is -0.457 e. The van der Waals surface area contributed by atoms with E-state index in [1.807, 2.05) is 0 Å². The van der Waals surface area contributed by atoms with Crippen LogP contribution in [0.4, 0.5) is 0 Å². The van der Waals surface area contributed by atoms with E-state index < -0.39 is 58.4 Å². The molecule has 0 aliphatic rings. The van der Waals surface area contributed by atoms with E-state index in [9.17, 15) is 29.3 Å². The first-order valence-electron chi connectivity index (χ1n) is 23.6. The third-order valence-corrected chi connectivity index (χ3v) is 11.4. The second-order valence-electron chi connectivity index (χ2n) is 16.1. The molecule has 0 aromatic heterocycles. The fourth-order valence-electron chi connectivity index (χ4n) is 6.80. The Hall–Kier alpha value is -1.29. The van der Waals surface area contributed by atoms with Crippen molar-refractivity contribution in [3.63, 3.8) is 0 Å². The summed E-state index contributed by atoms with van der Waals surface area (Å²) in [7, 11) is -4.63. The van der Waals surface area contributed by atoms with Gasteiger partial charge in [-0.1, -0.05) is 199 Å². The molecule has 0 saturated heterocycles. The Balaban J connectivity index is 3.78. The molecule has 0 saturated carbocycles. The molecular weight excluding hydrogens is 743 g/mol. The number of aliphatic hydroxyl groups is 2. The first-order valence-corrected chi connectivity index (χ1v) is 25.1. The molecule has 0 fully saturated rings. The van der Waals surface area contributed by atoms with Gasteiger partial charge in [-0.2, -0.15) is 0 Å². The van der Waals surface area contributed by atoms with Gasteiger partial charge in [0.1, 0.15) is 12.2 Å². The number of aliphatic hydroxyl groups excluding tert-OH is 2. The van der Waals surface area contributed by atoms with E-state index in [1.54, 1.807) is 0 Å². The standard InChI is InChI=1S/C46H89O10P/c1-3-5-7-9-11-13-15-16-17-18-19-20-21-22-23-24-25-26-28-30-32-34-36-38-46(50)56-44(40-48)42-54-57(51,52)53-41-43(39-47)55-45(49)37-35-33-31-29-27-14-12-10-8-6-4-2/h10,12,43-44,47-48H,3-9,11,13-42H2,1-2H3,(H,51,52)/b12-10-. The van der Waals surface area contributed by atoms with Crippen LogP contribution in [0.3, 0.4) is 0 Å². The van der Waals surface area contributed by atoms with Gasteiger partial charge in [-0.05, 0) is 32.1 Å². The molecule has 3 N–H and O–H groups in total. The molecule has 338 valence electrons. The van der Waals surface area contributed by atoms with Crippen molar-refractivity contribution in [2.24, 2.45) is 0 Å². The highest BCUT2D eigenvalue weighted by Crippen LogP contribution is 2.43. The van der Waals surface area contributed by atoms with Crippen molar-refractivity contribution < 1.29 is 47.8 Å². The minimum absolute atomic E-state index is 0.184. The van der Waals surface area contributed by atoms with Crippen LogP contribution in [-0.4, -0.2) is 65.7 Å². The number of phosphoric ester groups is 1. The molecule has 0 aromatic carbocycles. The monoisotopic (exact) mass is 833 g/mol. The number of carbonyl (C=O) groups is 2. The van der Waals surface area contributed by atoms with Crippen LogP contribution >= 0.6 is 7.82 Å². The maximum atomic E-state index is 12.4. The number of phosphoric acid groups is 1. The Morgan fingerprint density at radius 3 is 1.05 bits per heavy atom. The predicted octanol–water partition coefficient (Wildman–Crippen LogP) is 12.8. The normalized spacial score (nSPS) is 13.8. The number of ether oxygens (including phenoxy) is 2. The molecule has 0 amide bonds. The maximum Gasteiger partial charge on any atom is 0.472 e. The number of carbonyl (C=O) groups excluding carboxylic acids is 2. The van der Waals surface area contributed by atoms with Crippen molar-refractivity contribution in [2.75, 3.05) is 26.4 Å². The minimum atomic E-state index is -4.63. The van der Waals surface area contributed by atoms with Gasteiger partial charge < -0.3 is 24.6 Å². The number of rotatable bonds is 45. The highest BCUT2D eigenvalue weighted by molar-refractivity contribution is 7.47. The first kappa shape index (κ1) is 55.7. The Kier molecular flexibility index (Phi) is 41.9. The number of unbranched alkanes of at least 4 members (excludes halogenated alkanes) is 29. The molecule has 0 spiro atoms. The highest BCUT2D eigenvalue weighted by Gasteiger charge is 2.27. The molecule has 0 heterocycles. The zero-order chi connectivity index (χ0) is 41.9. The average Bonchev–Trinajstić information content (AvgIpc) is 3.20. The smallest absolute Gasteiger partial charge is 0.457 e. The van der Waals surface area contributed by atoms with E-state index in [4.69, 9.17) is 18.5 Å². The summed E-state index contributed by atoms with van der Waals surface area (Å²) in [5.74, 6) is -1.02.